The molecule has 1 N–H and O–H groups in total. The van der Waals surface area contributed by atoms with Crippen LogP contribution in [0, 0.1) is 12.3 Å². The second kappa shape index (κ2) is 6.26. The molecule has 0 saturated carbocycles. The van der Waals surface area contributed by atoms with E-state index in [1.54, 1.807) is 25.2 Å². The van der Waals surface area contributed by atoms with Crippen molar-refractivity contribution in [1.82, 2.24) is 14.9 Å². The molecular weight excluding hydrogens is 274 g/mol. The Labute approximate surface area is 120 Å². The van der Waals surface area contributed by atoms with Crippen LogP contribution >= 0.6 is 11.8 Å². The number of aromatic nitrogens is 2. The van der Waals surface area contributed by atoms with Gasteiger partial charge < -0.3 is 5.32 Å². The van der Waals surface area contributed by atoms with Crippen molar-refractivity contribution in [2.45, 2.75) is 5.16 Å². The molecule has 0 saturated heterocycles. The van der Waals surface area contributed by atoms with E-state index in [0.29, 0.717) is 16.1 Å². The number of carbonyl (C=O) groups is 1. The van der Waals surface area contributed by atoms with Gasteiger partial charge in [-0.1, -0.05) is 29.8 Å². The van der Waals surface area contributed by atoms with Crippen molar-refractivity contribution in [2.24, 2.45) is 7.05 Å². The molecule has 2 rings (SSSR count). The summed E-state index contributed by atoms with van der Waals surface area (Å²) in [7, 11) is 1.64. The number of benzene rings is 1. The molecule has 1 aromatic heterocycles. The summed E-state index contributed by atoms with van der Waals surface area (Å²) in [5.74, 6) is 2.31. The predicted molar refractivity (Wildman–Crippen MR) is 79.6 cm³/mol. The highest BCUT2D eigenvalue weighted by atomic mass is 32.2. The van der Waals surface area contributed by atoms with Crippen molar-refractivity contribution < 1.29 is 4.79 Å². The van der Waals surface area contributed by atoms with Gasteiger partial charge in [0.05, 0.1) is 23.2 Å². The highest BCUT2D eigenvalue weighted by molar-refractivity contribution is 7.99. The summed E-state index contributed by atoms with van der Waals surface area (Å²) in [6.07, 6.45) is 5.06. The van der Waals surface area contributed by atoms with Gasteiger partial charge in [-0.2, -0.15) is 0 Å². The van der Waals surface area contributed by atoms with Crippen LogP contribution in [-0.2, 0) is 11.8 Å². The first kappa shape index (κ1) is 14.2. The molecule has 6 heteroatoms. The molecule has 20 heavy (non-hydrogen) atoms. The number of para-hydroxylation sites is 1. The number of fused-ring (bicyclic) bond motifs is 1. The number of nitrogens with one attached hydrogen (secondary N) is 1. The lowest BCUT2D eigenvalue weighted by atomic mass is 10.2. The molecule has 1 aromatic carbocycles. The monoisotopic (exact) mass is 287 g/mol. The molecule has 0 unspecified atom stereocenters. The first-order chi connectivity index (χ1) is 9.63. The summed E-state index contributed by atoms with van der Waals surface area (Å²) >= 11 is 1.21. The molecule has 0 aliphatic rings. The Hall–Kier alpha value is -2.26. The first-order valence-electron chi connectivity index (χ1n) is 5.92. The van der Waals surface area contributed by atoms with E-state index in [1.165, 1.54) is 16.3 Å². The highest BCUT2D eigenvalue weighted by Gasteiger charge is 2.10. The smallest absolute Gasteiger partial charge is 0.261 e. The van der Waals surface area contributed by atoms with Gasteiger partial charge >= 0.3 is 0 Å². The number of rotatable bonds is 4. The molecule has 0 radical (unpaired) electrons. The van der Waals surface area contributed by atoms with Gasteiger partial charge in [0.1, 0.15) is 0 Å². The van der Waals surface area contributed by atoms with Gasteiger partial charge in [0.2, 0.25) is 5.91 Å². The van der Waals surface area contributed by atoms with Crippen LogP contribution in [0.25, 0.3) is 10.9 Å². The SMILES string of the molecule is C#CCNC(=O)CSc1nc2ccccc2c(=O)n1C. The van der Waals surface area contributed by atoms with Gasteiger partial charge in [0, 0.05) is 7.05 Å². The molecule has 1 heterocycles. The van der Waals surface area contributed by atoms with Crippen LogP contribution in [0.5, 0.6) is 0 Å². The summed E-state index contributed by atoms with van der Waals surface area (Å²) in [6, 6.07) is 7.13. The zero-order chi connectivity index (χ0) is 14.5. The van der Waals surface area contributed by atoms with Crippen LogP contribution in [0.2, 0.25) is 0 Å². The predicted octanol–water partition coefficient (Wildman–Crippen LogP) is 0.775. The van der Waals surface area contributed by atoms with Crippen molar-refractivity contribution in [2.75, 3.05) is 12.3 Å². The fourth-order valence-corrected chi connectivity index (χ4v) is 2.46. The number of hydrogen-bond acceptors (Lipinski definition) is 4. The molecule has 1 amide bonds. The topological polar surface area (TPSA) is 64.0 Å². The minimum atomic E-state index is -0.185. The van der Waals surface area contributed by atoms with E-state index in [-0.39, 0.29) is 23.8 Å². The lowest BCUT2D eigenvalue weighted by molar-refractivity contribution is -0.118. The summed E-state index contributed by atoms with van der Waals surface area (Å²) < 4.78 is 1.45. The molecule has 2 aromatic rings. The van der Waals surface area contributed by atoms with Gasteiger partial charge in [0.25, 0.3) is 5.56 Å². The molecule has 102 valence electrons. The third kappa shape index (κ3) is 3.00. The van der Waals surface area contributed by atoms with Crippen LogP contribution in [-0.4, -0.2) is 27.8 Å². The van der Waals surface area contributed by atoms with Crippen molar-refractivity contribution in [1.29, 1.82) is 0 Å². The molecule has 0 atom stereocenters. The van der Waals surface area contributed by atoms with Crippen LogP contribution in [0.4, 0.5) is 0 Å². The van der Waals surface area contributed by atoms with Gasteiger partial charge in [-0.25, -0.2) is 4.98 Å². The van der Waals surface area contributed by atoms with E-state index in [4.69, 9.17) is 6.42 Å². The maximum absolute atomic E-state index is 12.1. The number of nitrogens with zero attached hydrogens (tertiary/aromatic N) is 2. The van der Waals surface area contributed by atoms with Gasteiger partial charge in [0.15, 0.2) is 5.16 Å². The Bertz CT molecular complexity index is 746. The minimum absolute atomic E-state index is 0.123. The number of amides is 1. The number of terminal acetylenes is 1. The van der Waals surface area contributed by atoms with Gasteiger partial charge in [-0.3, -0.25) is 14.2 Å². The maximum atomic E-state index is 12.1. The Kier molecular flexibility index (Phi) is 4.43. The minimum Gasteiger partial charge on any atom is -0.344 e. The second-order valence-electron chi connectivity index (χ2n) is 4.05. The summed E-state index contributed by atoms with van der Waals surface area (Å²) in [4.78, 5) is 28.0. The number of thioether (sulfide) groups is 1. The normalized spacial score (nSPS) is 10.2. The van der Waals surface area contributed by atoms with Crippen LogP contribution in [0.3, 0.4) is 0 Å². The Morgan fingerprint density at radius 1 is 1.50 bits per heavy atom. The van der Waals surface area contributed by atoms with Crippen LogP contribution in [0.1, 0.15) is 0 Å². The average molecular weight is 287 g/mol. The summed E-state index contributed by atoms with van der Waals surface area (Å²) in [5.41, 5.74) is 0.504. The van der Waals surface area contributed by atoms with Crippen LogP contribution in [0.15, 0.2) is 34.2 Å². The maximum Gasteiger partial charge on any atom is 0.261 e. The highest BCUT2D eigenvalue weighted by Crippen LogP contribution is 2.16. The van der Waals surface area contributed by atoms with Crippen molar-refractivity contribution in [3.8, 4) is 12.3 Å². The van der Waals surface area contributed by atoms with Crippen molar-refractivity contribution in [3.63, 3.8) is 0 Å². The third-order valence-electron chi connectivity index (χ3n) is 2.66. The second-order valence-corrected chi connectivity index (χ2v) is 4.99. The van der Waals surface area contributed by atoms with E-state index in [2.05, 4.69) is 16.2 Å². The molecule has 0 aliphatic carbocycles. The third-order valence-corrected chi connectivity index (χ3v) is 3.69. The Balaban J connectivity index is 2.23. The fourth-order valence-electron chi connectivity index (χ4n) is 1.66. The van der Waals surface area contributed by atoms with Crippen LogP contribution < -0.4 is 10.9 Å². The fraction of sp³-hybridized carbons (Fsp3) is 0.214. The quantitative estimate of drug-likeness (QED) is 0.513. The van der Waals surface area contributed by atoms with E-state index in [9.17, 15) is 9.59 Å². The van der Waals surface area contributed by atoms with Crippen molar-refractivity contribution in [3.05, 3.63) is 34.6 Å². The Morgan fingerprint density at radius 3 is 3.00 bits per heavy atom. The number of hydrogen-bond donors (Lipinski definition) is 1. The lowest BCUT2D eigenvalue weighted by Gasteiger charge is -2.08. The summed E-state index contributed by atoms with van der Waals surface area (Å²) in [5, 5.41) is 3.63. The molecule has 0 spiro atoms. The number of carbonyl (C=O) groups excluding carboxylic acids is 1. The molecule has 0 aliphatic heterocycles. The molecule has 0 bridgehead atoms. The van der Waals surface area contributed by atoms with E-state index in [1.807, 2.05) is 6.07 Å². The van der Waals surface area contributed by atoms with E-state index < -0.39 is 0 Å². The molecular formula is C14H13N3O2S. The largest absolute Gasteiger partial charge is 0.344 e. The standard InChI is InChI=1S/C14H13N3O2S/c1-3-8-15-12(18)9-20-14-16-11-7-5-4-6-10(11)13(19)17(14)2/h1,4-7H,8-9H2,2H3,(H,15,18). The average Bonchev–Trinajstić information content (AvgIpc) is 2.47. The zero-order valence-electron chi connectivity index (χ0n) is 10.9. The Morgan fingerprint density at radius 2 is 2.25 bits per heavy atom. The van der Waals surface area contributed by atoms with Gasteiger partial charge in [-0.05, 0) is 12.1 Å². The van der Waals surface area contributed by atoms with E-state index >= 15 is 0 Å². The van der Waals surface area contributed by atoms with Crippen molar-refractivity contribution >= 4 is 28.6 Å². The first-order valence-corrected chi connectivity index (χ1v) is 6.90. The molecule has 5 nitrogen and oxygen atoms in total. The van der Waals surface area contributed by atoms with E-state index in [0.717, 1.165) is 0 Å². The lowest BCUT2D eigenvalue weighted by Crippen LogP contribution is -2.26. The zero-order valence-corrected chi connectivity index (χ0v) is 11.7. The van der Waals surface area contributed by atoms with Gasteiger partial charge in [-0.15, -0.1) is 6.42 Å². The molecule has 0 fully saturated rings. The summed E-state index contributed by atoms with van der Waals surface area (Å²) in [6.45, 7) is 0.198.